The number of nitrogens with one attached hydrogen (secondary N) is 1. The molecular weight excluding hydrogens is 306 g/mol. The minimum Gasteiger partial charge on any atom is -0.496 e. The minimum absolute atomic E-state index is 0.0446. The summed E-state index contributed by atoms with van der Waals surface area (Å²) in [6, 6.07) is 5.74. The number of benzene rings is 1. The van der Waals surface area contributed by atoms with E-state index in [0.29, 0.717) is 11.3 Å². The van der Waals surface area contributed by atoms with E-state index >= 15 is 0 Å². The molecule has 0 heterocycles. The van der Waals surface area contributed by atoms with Gasteiger partial charge in [0.2, 0.25) is 0 Å². The normalized spacial score (nSPS) is 15.9. The molecule has 1 fully saturated rings. The lowest BCUT2D eigenvalue weighted by Crippen LogP contribution is -2.34. The standard InChI is InChI=1S/C15H20BrNO2/c1-3-12(8-10-4-5-10)17-15(18)13-7-6-11(16)9-14(13)19-2/h6-7,9-10,12H,3-5,8H2,1-2H3,(H,17,18). The van der Waals surface area contributed by atoms with Gasteiger partial charge in [0.1, 0.15) is 5.75 Å². The van der Waals surface area contributed by atoms with Crippen molar-refractivity contribution in [2.24, 2.45) is 5.92 Å². The fraction of sp³-hybridized carbons (Fsp3) is 0.533. The number of rotatable bonds is 6. The maximum absolute atomic E-state index is 12.3. The SMILES string of the molecule is CCC(CC1CC1)NC(=O)c1ccc(Br)cc1OC. The van der Waals surface area contributed by atoms with E-state index in [1.807, 2.05) is 12.1 Å². The molecule has 4 heteroatoms. The zero-order valence-corrected chi connectivity index (χ0v) is 13.0. The molecule has 1 aromatic carbocycles. The largest absolute Gasteiger partial charge is 0.496 e. The summed E-state index contributed by atoms with van der Waals surface area (Å²) in [5, 5.41) is 3.11. The zero-order valence-electron chi connectivity index (χ0n) is 11.4. The van der Waals surface area contributed by atoms with Gasteiger partial charge in [-0.2, -0.15) is 0 Å². The third-order valence-corrected chi connectivity index (χ3v) is 4.04. The topological polar surface area (TPSA) is 38.3 Å². The van der Waals surface area contributed by atoms with Crippen molar-refractivity contribution in [2.75, 3.05) is 7.11 Å². The van der Waals surface area contributed by atoms with E-state index in [0.717, 1.165) is 23.2 Å². The van der Waals surface area contributed by atoms with Crippen LogP contribution >= 0.6 is 15.9 Å². The molecule has 1 amide bonds. The molecule has 0 radical (unpaired) electrons. The van der Waals surface area contributed by atoms with Gasteiger partial charge in [0.05, 0.1) is 12.7 Å². The van der Waals surface area contributed by atoms with Gasteiger partial charge in [-0.05, 0) is 37.0 Å². The molecular formula is C15H20BrNO2. The van der Waals surface area contributed by atoms with Gasteiger partial charge in [-0.3, -0.25) is 4.79 Å². The van der Waals surface area contributed by atoms with E-state index in [1.54, 1.807) is 13.2 Å². The lowest BCUT2D eigenvalue weighted by molar-refractivity contribution is 0.0929. The van der Waals surface area contributed by atoms with Crippen LogP contribution in [0.1, 0.15) is 43.0 Å². The zero-order chi connectivity index (χ0) is 13.8. The number of carbonyl (C=O) groups is 1. The Balaban J connectivity index is 2.05. The van der Waals surface area contributed by atoms with Crippen LogP contribution in [0.5, 0.6) is 5.75 Å². The van der Waals surface area contributed by atoms with Gasteiger partial charge in [-0.1, -0.05) is 35.7 Å². The van der Waals surface area contributed by atoms with E-state index in [9.17, 15) is 4.79 Å². The Morgan fingerprint density at radius 2 is 2.26 bits per heavy atom. The van der Waals surface area contributed by atoms with Gasteiger partial charge >= 0.3 is 0 Å². The number of halogens is 1. The highest BCUT2D eigenvalue weighted by molar-refractivity contribution is 9.10. The predicted molar refractivity (Wildman–Crippen MR) is 79.6 cm³/mol. The maximum Gasteiger partial charge on any atom is 0.255 e. The summed E-state index contributed by atoms with van der Waals surface area (Å²) in [5.74, 6) is 1.38. The first-order chi connectivity index (χ1) is 9.13. The molecule has 19 heavy (non-hydrogen) atoms. The van der Waals surface area contributed by atoms with Gasteiger partial charge in [0.25, 0.3) is 5.91 Å². The molecule has 1 aromatic rings. The summed E-state index contributed by atoms with van der Waals surface area (Å²) in [6.45, 7) is 2.12. The van der Waals surface area contributed by atoms with E-state index in [-0.39, 0.29) is 11.9 Å². The third kappa shape index (κ3) is 3.96. The molecule has 0 spiro atoms. The minimum atomic E-state index is -0.0446. The van der Waals surface area contributed by atoms with E-state index in [1.165, 1.54) is 12.8 Å². The molecule has 0 aromatic heterocycles. The quantitative estimate of drug-likeness (QED) is 0.864. The fourth-order valence-electron chi connectivity index (χ4n) is 2.20. The second kappa shape index (κ2) is 6.42. The van der Waals surface area contributed by atoms with Crippen LogP contribution in [-0.2, 0) is 0 Å². The number of carbonyl (C=O) groups excluding carboxylic acids is 1. The van der Waals surface area contributed by atoms with Crippen LogP contribution in [0.2, 0.25) is 0 Å². The van der Waals surface area contributed by atoms with Crippen LogP contribution in [0.25, 0.3) is 0 Å². The molecule has 0 saturated heterocycles. The van der Waals surface area contributed by atoms with Crippen LogP contribution in [0.15, 0.2) is 22.7 Å². The van der Waals surface area contributed by atoms with Gasteiger partial charge < -0.3 is 10.1 Å². The Kier molecular flexibility index (Phi) is 4.86. The average Bonchev–Trinajstić information content (AvgIpc) is 3.21. The molecule has 0 bridgehead atoms. The molecule has 3 nitrogen and oxygen atoms in total. The smallest absolute Gasteiger partial charge is 0.255 e. The molecule has 104 valence electrons. The number of amides is 1. The van der Waals surface area contributed by atoms with Crippen LogP contribution in [0.3, 0.4) is 0 Å². The summed E-state index contributed by atoms with van der Waals surface area (Å²) in [6.07, 6.45) is 4.70. The van der Waals surface area contributed by atoms with Crippen LogP contribution in [0, 0.1) is 5.92 Å². The van der Waals surface area contributed by atoms with Crippen LogP contribution < -0.4 is 10.1 Å². The lowest BCUT2D eigenvalue weighted by atomic mass is 10.1. The van der Waals surface area contributed by atoms with Gasteiger partial charge in [0, 0.05) is 10.5 Å². The second-order valence-corrected chi connectivity index (χ2v) is 6.02. The summed E-state index contributed by atoms with van der Waals surface area (Å²) in [7, 11) is 1.58. The summed E-state index contributed by atoms with van der Waals surface area (Å²) in [5.41, 5.74) is 0.597. The first-order valence-corrected chi connectivity index (χ1v) is 7.57. The van der Waals surface area contributed by atoms with Crippen molar-refractivity contribution in [1.82, 2.24) is 5.32 Å². The summed E-state index contributed by atoms with van der Waals surface area (Å²) in [4.78, 5) is 12.3. The van der Waals surface area contributed by atoms with Crippen molar-refractivity contribution in [3.8, 4) is 5.75 Å². The molecule has 1 aliphatic rings. The van der Waals surface area contributed by atoms with Crippen LogP contribution in [-0.4, -0.2) is 19.1 Å². The Hall–Kier alpha value is -1.03. The number of methoxy groups -OCH3 is 1. The van der Waals surface area contributed by atoms with Crippen molar-refractivity contribution in [3.63, 3.8) is 0 Å². The molecule has 1 saturated carbocycles. The molecule has 2 rings (SSSR count). The number of hydrogen-bond donors (Lipinski definition) is 1. The van der Waals surface area contributed by atoms with E-state index < -0.39 is 0 Å². The Morgan fingerprint density at radius 3 is 2.84 bits per heavy atom. The molecule has 1 atom stereocenters. The predicted octanol–water partition coefficient (Wildman–Crippen LogP) is 3.77. The first kappa shape index (κ1) is 14.4. The first-order valence-electron chi connectivity index (χ1n) is 6.78. The Morgan fingerprint density at radius 1 is 1.53 bits per heavy atom. The highest BCUT2D eigenvalue weighted by Gasteiger charge is 2.26. The molecule has 1 aliphatic carbocycles. The highest BCUT2D eigenvalue weighted by Crippen LogP contribution is 2.34. The van der Waals surface area contributed by atoms with E-state index in [2.05, 4.69) is 28.2 Å². The van der Waals surface area contributed by atoms with Crippen molar-refractivity contribution in [2.45, 2.75) is 38.6 Å². The summed E-state index contributed by atoms with van der Waals surface area (Å²) >= 11 is 3.38. The van der Waals surface area contributed by atoms with Gasteiger partial charge in [0.15, 0.2) is 0 Å². The summed E-state index contributed by atoms with van der Waals surface area (Å²) < 4.78 is 6.17. The van der Waals surface area contributed by atoms with Crippen molar-refractivity contribution in [1.29, 1.82) is 0 Å². The van der Waals surface area contributed by atoms with Gasteiger partial charge in [-0.25, -0.2) is 0 Å². The fourth-order valence-corrected chi connectivity index (χ4v) is 2.54. The monoisotopic (exact) mass is 325 g/mol. The molecule has 1 unspecified atom stereocenters. The van der Waals surface area contributed by atoms with Crippen molar-refractivity contribution >= 4 is 21.8 Å². The maximum atomic E-state index is 12.3. The Bertz CT molecular complexity index is 457. The highest BCUT2D eigenvalue weighted by atomic mass is 79.9. The van der Waals surface area contributed by atoms with Crippen molar-refractivity contribution in [3.05, 3.63) is 28.2 Å². The van der Waals surface area contributed by atoms with Gasteiger partial charge in [-0.15, -0.1) is 0 Å². The third-order valence-electron chi connectivity index (χ3n) is 3.55. The number of hydrogen-bond acceptors (Lipinski definition) is 2. The number of ether oxygens (including phenoxy) is 1. The van der Waals surface area contributed by atoms with E-state index in [4.69, 9.17) is 4.74 Å². The Labute approximate surface area is 122 Å². The lowest BCUT2D eigenvalue weighted by Gasteiger charge is -2.17. The molecule has 1 N–H and O–H groups in total. The van der Waals surface area contributed by atoms with Crippen molar-refractivity contribution < 1.29 is 9.53 Å². The van der Waals surface area contributed by atoms with Crippen LogP contribution in [0.4, 0.5) is 0 Å². The second-order valence-electron chi connectivity index (χ2n) is 5.10. The molecule has 0 aliphatic heterocycles. The average molecular weight is 326 g/mol.